The predicted octanol–water partition coefficient (Wildman–Crippen LogP) is 5.91. The van der Waals surface area contributed by atoms with Crippen molar-refractivity contribution in [2.45, 2.75) is 25.7 Å². The monoisotopic (exact) mass is 298 g/mol. The fourth-order valence-corrected chi connectivity index (χ4v) is 3.79. The van der Waals surface area contributed by atoms with Crippen molar-refractivity contribution in [3.05, 3.63) is 72.1 Å². The van der Waals surface area contributed by atoms with E-state index >= 15 is 0 Å². The van der Waals surface area contributed by atoms with Crippen molar-refractivity contribution in [3.63, 3.8) is 0 Å². The van der Waals surface area contributed by atoms with Crippen molar-refractivity contribution in [1.29, 1.82) is 0 Å². The van der Waals surface area contributed by atoms with Crippen molar-refractivity contribution in [3.8, 4) is 11.5 Å². The second-order valence-corrected chi connectivity index (χ2v) is 6.46. The molecule has 0 aromatic heterocycles. The zero-order chi connectivity index (χ0) is 14.3. The molecule has 0 saturated carbocycles. The standard InChI is InChI=1S/C18H19O2P/c1-4-10-16(11-5-1)19-21(18-14-8-3-9-15-18)20-17-12-6-2-7-13-17/h1-2,4-7,10-14H,3,8-9,15H2. The van der Waals surface area contributed by atoms with Gasteiger partial charge >= 0.3 is 8.38 Å². The highest BCUT2D eigenvalue weighted by atomic mass is 31.2. The molecule has 108 valence electrons. The molecule has 0 N–H and O–H groups in total. The van der Waals surface area contributed by atoms with Crippen LogP contribution in [-0.4, -0.2) is 0 Å². The Morgan fingerprint density at radius 2 is 1.29 bits per heavy atom. The summed E-state index contributed by atoms with van der Waals surface area (Å²) in [6.07, 6.45) is 6.99. The minimum absolute atomic E-state index is 0.867. The fraction of sp³-hybridized carbons (Fsp3) is 0.222. The smallest absolute Gasteiger partial charge is 0.321 e. The largest absolute Gasteiger partial charge is 0.436 e. The van der Waals surface area contributed by atoms with Gasteiger partial charge in [0.2, 0.25) is 0 Å². The third-order valence-electron chi connectivity index (χ3n) is 3.36. The average Bonchev–Trinajstić information content (AvgIpc) is 2.57. The van der Waals surface area contributed by atoms with Crippen LogP contribution in [0.5, 0.6) is 11.5 Å². The van der Waals surface area contributed by atoms with Gasteiger partial charge in [-0.15, -0.1) is 0 Å². The summed E-state index contributed by atoms with van der Waals surface area (Å²) in [5, 5.41) is 1.31. The zero-order valence-electron chi connectivity index (χ0n) is 11.9. The van der Waals surface area contributed by atoms with Crippen molar-refractivity contribution >= 4 is 8.38 Å². The molecule has 0 saturated heterocycles. The molecule has 3 heteroatoms. The lowest BCUT2D eigenvalue weighted by Gasteiger charge is -2.23. The molecule has 3 rings (SSSR count). The summed E-state index contributed by atoms with van der Waals surface area (Å²) in [6, 6.07) is 19.9. The Morgan fingerprint density at radius 1 is 0.714 bits per heavy atom. The van der Waals surface area contributed by atoms with Gasteiger partial charge in [0.05, 0.1) is 0 Å². The third-order valence-corrected chi connectivity index (χ3v) is 4.99. The summed E-state index contributed by atoms with van der Waals surface area (Å²) in [5.74, 6) is 1.73. The lowest BCUT2D eigenvalue weighted by molar-refractivity contribution is 0.492. The highest BCUT2D eigenvalue weighted by Crippen LogP contribution is 2.50. The molecular weight excluding hydrogens is 279 g/mol. The van der Waals surface area contributed by atoms with Gasteiger partial charge in [-0.05, 0) is 49.9 Å². The molecule has 0 spiro atoms. The third kappa shape index (κ3) is 4.09. The van der Waals surface area contributed by atoms with Gasteiger partial charge in [0.15, 0.2) is 0 Å². The Balaban J connectivity index is 1.79. The Labute approximate surface area is 127 Å². The maximum Gasteiger partial charge on any atom is 0.321 e. The van der Waals surface area contributed by atoms with Gasteiger partial charge in [0.25, 0.3) is 0 Å². The van der Waals surface area contributed by atoms with Crippen molar-refractivity contribution in [1.82, 2.24) is 0 Å². The van der Waals surface area contributed by atoms with Gasteiger partial charge in [-0.2, -0.15) is 0 Å². The highest BCUT2D eigenvalue weighted by molar-refractivity contribution is 7.52. The molecule has 21 heavy (non-hydrogen) atoms. The van der Waals surface area contributed by atoms with Crippen LogP contribution in [0.4, 0.5) is 0 Å². The fourth-order valence-electron chi connectivity index (χ4n) is 2.28. The number of allylic oxidation sites excluding steroid dienone is 2. The molecule has 0 bridgehead atoms. The molecular formula is C18H19O2P. The van der Waals surface area contributed by atoms with Gasteiger partial charge in [-0.25, -0.2) is 0 Å². The summed E-state index contributed by atoms with van der Waals surface area (Å²) < 4.78 is 12.3. The first-order valence-corrected chi connectivity index (χ1v) is 8.55. The molecule has 0 atom stereocenters. The second kappa shape index (κ2) is 7.28. The number of benzene rings is 2. The van der Waals surface area contributed by atoms with Crippen LogP contribution < -0.4 is 9.05 Å². The van der Waals surface area contributed by atoms with E-state index in [1.807, 2.05) is 60.7 Å². The summed E-state index contributed by atoms with van der Waals surface area (Å²) in [5.41, 5.74) is 0. The van der Waals surface area contributed by atoms with Gasteiger partial charge in [-0.3, -0.25) is 0 Å². The second-order valence-electron chi connectivity index (χ2n) is 5.01. The zero-order valence-corrected chi connectivity index (χ0v) is 12.8. The molecule has 0 amide bonds. The topological polar surface area (TPSA) is 18.5 Å². The molecule has 0 heterocycles. The molecule has 2 aromatic rings. The van der Waals surface area contributed by atoms with Crippen LogP contribution >= 0.6 is 8.38 Å². The Kier molecular flexibility index (Phi) is 4.91. The summed E-state index contributed by atoms with van der Waals surface area (Å²) >= 11 is 0. The van der Waals surface area contributed by atoms with Gasteiger partial charge in [0.1, 0.15) is 11.5 Å². The number of rotatable bonds is 5. The molecule has 0 unspecified atom stereocenters. The van der Waals surface area contributed by atoms with Crippen LogP contribution in [0.25, 0.3) is 0 Å². The van der Waals surface area contributed by atoms with Crippen LogP contribution in [0.3, 0.4) is 0 Å². The van der Waals surface area contributed by atoms with Gasteiger partial charge in [-0.1, -0.05) is 42.5 Å². The quantitative estimate of drug-likeness (QED) is 0.638. The van der Waals surface area contributed by atoms with E-state index in [0.29, 0.717) is 0 Å². The summed E-state index contributed by atoms with van der Waals surface area (Å²) in [6.45, 7) is 0. The normalized spacial score (nSPS) is 14.6. The first kappa shape index (κ1) is 14.2. The molecule has 0 aliphatic heterocycles. The maximum atomic E-state index is 6.13. The van der Waals surface area contributed by atoms with E-state index in [1.165, 1.54) is 18.2 Å². The molecule has 0 radical (unpaired) electrons. The lowest BCUT2D eigenvalue weighted by atomic mass is 10.1. The van der Waals surface area contributed by atoms with Crippen molar-refractivity contribution < 1.29 is 9.05 Å². The first-order chi connectivity index (χ1) is 10.4. The Bertz CT molecular complexity index is 539. The van der Waals surface area contributed by atoms with Crippen LogP contribution in [0.1, 0.15) is 25.7 Å². The molecule has 0 fully saturated rings. The molecule has 2 nitrogen and oxygen atoms in total. The van der Waals surface area contributed by atoms with Crippen LogP contribution in [0.2, 0.25) is 0 Å². The first-order valence-electron chi connectivity index (χ1n) is 7.37. The SMILES string of the molecule is C1=C(P(Oc2ccccc2)Oc2ccccc2)CCCC1. The van der Waals surface area contributed by atoms with Crippen LogP contribution in [-0.2, 0) is 0 Å². The molecule has 2 aromatic carbocycles. The summed E-state index contributed by atoms with van der Waals surface area (Å²) in [7, 11) is -1.07. The Morgan fingerprint density at radius 3 is 1.76 bits per heavy atom. The van der Waals surface area contributed by atoms with E-state index in [0.717, 1.165) is 24.3 Å². The van der Waals surface area contributed by atoms with Gasteiger partial charge < -0.3 is 9.05 Å². The lowest BCUT2D eigenvalue weighted by Crippen LogP contribution is -2.01. The van der Waals surface area contributed by atoms with Crippen molar-refractivity contribution in [2.24, 2.45) is 0 Å². The van der Waals surface area contributed by atoms with Crippen molar-refractivity contribution in [2.75, 3.05) is 0 Å². The molecule has 1 aliphatic rings. The maximum absolute atomic E-state index is 6.13. The highest BCUT2D eigenvalue weighted by Gasteiger charge is 2.22. The van der Waals surface area contributed by atoms with Gasteiger partial charge in [0, 0.05) is 5.31 Å². The Hall–Kier alpha value is -1.79. The minimum Gasteiger partial charge on any atom is -0.436 e. The number of hydrogen-bond acceptors (Lipinski definition) is 2. The van der Waals surface area contributed by atoms with E-state index in [2.05, 4.69) is 6.08 Å². The van der Waals surface area contributed by atoms with E-state index in [4.69, 9.17) is 9.05 Å². The van der Waals surface area contributed by atoms with E-state index in [1.54, 1.807) is 0 Å². The average molecular weight is 298 g/mol. The van der Waals surface area contributed by atoms with Crippen LogP contribution in [0, 0.1) is 0 Å². The molecule has 1 aliphatic carbocycles. The van der Waals surface area contributed by atoms with E-state index in [-0.39, 0.29) is 0 Å². The number of para-hydroxylation sites is 2. The number of hydrogen-bond donors (Lipinski definition) is 0. The minimum atomic E-state index is -1.07. The summed E-state index contributed by atoms with van der Waals surface area (Å²) in [4.78, 5) is 0. The van der Waals surface area contributed by atoms with E-state index < -0.39 is 8.38 Å². The van der Waals surface area contributed by atoms with Crippen LogP contribution in [0.15, 0.2) is 72.1 Å². The van der Waals surface area contributed by atoms with E-state index in [9.17, 15) is 0 Å². The predicted molar refractivity (Wildman–Crippen MR) is 87.6 cm³/mol.